The molecule has 0 aliphatic carbocycles. The maximum absolute atomic E-state index is 12.4. The van der Waals surface area contributed by atoms with Gasteiger partial charge < -0.3 is 16.4 Å². The first-order valence-corrected chi connectivity index (χ1v) is 7.53. The number of anilines is 1. The van der Waals surface area contributed by atoms with Crippen LogP contribution in [-0.2, 0) is 4.79 Å². The Morgan fingerprint density at radius 3 is 2.27 bits per heavy atom. The number of benzene rings is 1. The van der Waals surface area contributed by atoms with Crippen molar-refractivity contribution in [2.24, 2.45) is 11.1 Å². The first-order valence-electron chi connectivity index (χ1n) is 7.53. The molecule has 0 saturated carbocycles. The summed E-state index contributed by atoms with van der Waals surface area (Å²) >= 11 is 0. The molecule has 5 heteroatoms. The van der Waals surface area contributed by atoms with Gasteiger partial charge in [-0.25, -0.2) is 0 Å². The molecule has 0 bridgehead atoms. The maximum Gasteiger partial charge on any atom is 0.251 e. The highest BCUT2D eigenvalue weighted by Gasteiger charge is 2.33. The topological polar surface area (TPSA) is 84.2 Å². The normalized spacial score (nSPS) is 10.9. The first-order chi connectivity index (χ1) is 10.5. The Morgan fingerprint density at radius 1 is 1.23 bits per heavy atom. The molecule has 1 aromatic carbocycles. The van der Waals surface area contributed by atoms with Gasteiger partial charge in [-0.15, -0.1) is 6.58 Å². The van der Waals surface area contributed by atoms with Gasteiger partial charge in [0.05, 0.1) is 5.41 Å². The lowest BCUT2D eigenvalue weighted by Gasteiger charge is -2.28. The molecule has 22 heavy (non-hydrogen) atoms. The molecule has 4 N–H and O–H groups in total. The van der Waals surface area contributed by atoms with Crippen LogP contribution in [0.4, 0.5) is 5.69 Å². The lowest BCUT2D eigenvalue weighted by atomic mass is 9.81. The van der Waals surface area contributed by atoms with Gasteiger partial charge in [0.2, 0.25) is 5.91 Å². The summed E-state index contributed by atoms with van der Waals surface area (Å²) in [6.45, 7) is 8.20. The number of rotatable bonds is 8. The molecule has 0 atom stereocenters. The zero-order chi connectivity index (χ0) is 16.6. The Hall–Kier alpha value is -2.14. The molecule has 1 aromatic rings. The van der Waals surface area contributed by atoms with Gasteiger partial charge in [0, 0.05) is 24.3 Å². The molecule has 1 rings (SSSR count). The van der Waals surface area contributed by atoms with E-state index in [0.717, 1.165) is 0 Å². The van der Waals surface area contributed by atoms with E-state index in [1.54, 1.807) is 30.3 Å². The maximum atomic E-state index is 12.4. The Morgan fingerprint density at radius 2 is 1.82 bits per heavy atom. The predicted octanol–water partition coefficient (Wildman–Crippen LogP) is 2.31. The van der Waals surface area contributed by atoms with Gasteiger partial charge in [-0.1, -0.05) is 19.9 Å². The highest BCUT2D eigenvalue weighted by Crippen LogP contribution is 2.27. The third-order valence-electron chi connectivity index (χ3n) is 4.04. The lowest BCUT2D eigenvalue weighted by Crippen LogP contribution is -2.41. The van der Waals surface area contributed by atoms with E-state index in [1.165, 1.54) is 0 Å². The van der Waals surface area contributed by atoms with Crippen LogP contribution in [0, 0.1) is 5.41 Å². The second kappa shape index (κ2) is 8.34. The standard InChI is InChI=1S/C17H25N3O2/c1-4-11-19-15(21)13-7-9-14(10-8-13)20-16(22)17(5-2,6-3)12-18/h4,7-10H,1,5-6,11-12,18H2,2-3H3,(H,19,21)(H,20,22). The minimum absolute atomic E-state index is 0.0798. The van der Waals surface area contributed by atoms with Crippen molar-refractivity contribution in [1.82, 2.24) is 5.32 Å². The van der Waals surface area contributed by atoms with Crippen LogP contribution in [0.2, 0.25) is 0 Å². The van der Waals surface area contributed by atoms with Crippen molar-refractivity contribution in [2.75, 3.05) is 18.4 Å². The lowest BCUT2D eigenvalue weighted by molar-refractivity contribution is -0.125. The second-order valence-corrected chi connectivity index (χ2v) is 5.22. The number of nitrogens with one attached hydrogen (secondary N) is 2. The van der Waals surface area contributed by atoms with Crippen molar-refractivity contribution < 1.29 is 9.59 Å². The molecule has 0 spiro atoms. The van der Waals surface area contributed by atoms with Crippen molar-refractivity contribution in [3.05, 3.63) is 42.5 Å². The molecular weight excluding hydrogens is 278 g/mol. The predicted molar refractivity (Wildman–Crippen MR) is 89.7 cm³/mol. The molecule has 0 unspecified atom stereocenters. The highest BCUT2D eigenvalue weighted by molar-refractivity contribution is 5.97. The summed E-state index contributed by atoms with van der Waals surface area (Å²) < 4.78 is 0. The molecule has 120 valence electrons. The van der Waals surface area contributed by atoms with Crippen LogP contribution in [0.1, 0.15) is 37.0 Å². The third-order valence-corrected chi connectivity index (χ3v) is 4.04. The molecular formula is C17H25N3O2. The van der Waals surface area contributed by atoms with E-state index < -0.39 is 5.41 Å². The zero-order valence-electron chi connectivity index (χ0n) is 13.3. The Bertz CT molecular complexity index is 511. The van der Waals surface area contributed by atoms with Gasteiger partial charge in [-0.2, -0.15) is 0 Å². The summed E-state index contributed by atoms with van der Waals surface area (Å²) in [6.07, 6.45) is 3.00. The highest BCUT2D eigenvalue weighted by atomic mass is 16.2. The van der Waals surface area contributed by atoms with Crippen LogP contribution >= 0.6 is 0 Å². The molecule has 0 radical (unpaired) electrons. The molecule has 2 amide bonds. The van der Waals surface area contributed by atoms with Gasteiger partial charge in [0.25, 0.3) is 5.91 Å². The van der Waals surface area contributed by atoms with E-state index in [0.29, 0.717) is 37.2 Å². The summed E-state index contributed by atoms with van der Waals surface area (Å²) in [6, 6.07) is 6.78. The molecule has 0 saturated heterocycles. The van der Waals surface area contributed by atoms with Gasteiger partial charge in [0.15, 0.2) is 0 Å². The number of hydrogen-bond donors (Lipinski definition) is 3. The summed E-state index contributed by atoms with van der Waals surface area (Å²) in [5.41, 5.74) is 6.43. The summed E-state index contributed by atoms with van der Waals surface area (Å²) in [5, 5.41) is 5.58. The van der Waals surface area contributed by atoms with Crippen LogP contribution in [0.15, 0.2) is 36.9 Å². The molecule has 0 fully saturated rings. The Kier molecular flexibility index (Phi) is 6.79. The Labute approximate surface area is 132 Å². The average molecular weight is 303 g/mol. The van der Waals surface area contributed by atoms with Gasteiger partial charge in [-0.3, -0.25) is 9.59 Å². The first kappa shape index (κ1) is 17.9. The van der Waals surface area contributed by atoms with E-state index in [-0.39, 0.29) is 11.8 Å². The van der Waals surface area contributed by atoms with Gasteiger partial charge in [-0.05, 0) is 37.1 Å². The number of carbonyl (C=O) groups excluding carboxylic acids is 2. The van der Waals surface area contributed by atoms with Crippen molar-refractivity contribution in [1.29, 1.82) is 0 Å². The minimum Gasteiger partial charge on any atom is -0.349 e. The van der Waals surface area contributed by atoms with Crippen molar-refractivity contribution in [2.45, 2.75) is 26.7 Å². The zero-order valence-corrected chi connectivity index (χ0v) is 13.3. The van der Waals surface area contributed by atoms with E-state index in [4.69, 9.17) is 5.73 Å². The Balaban J connectivity index is 2.77. The number of amides is 2. The quantitative estimate of drug-likeness (QED) is 0.644. The molecule has 0 aliphatic heterocycles. The van der Waals surface area contributed by atoms with Crippen molar-refractivity contribution >= 4 is 17.5 Å². The van der Waals surface area contributed by atoms with Crippen LogP contribution in [0.25, 0.3) is 0 Å². The molecule has 0 aromatic heterocycles. The van der Waals surface area contributed by atoms with E-state index in [2.05, 4.69) is 17.2 Å². The molecule has 0 heterocycles. The van der Waals surface area contributed by atoms with E-state index in [9.17, 15) is 9.59 Å². The van der Waals surface area contributed by atoms with E-state index >= 15 is 0 Å². The fourth-order valence-electron chi connectivity index (χ4n) is 2.19. The number of nitrogens with two attached hydrogens (primary N) is 1. The summed E-state index contributed by atoms with van der Waals surface area (Å²) in [5.74, 6) is -0.250. The average Bonchev–Trinajstić information content (AvgIpc) is 2.55. The SMILES string of the molecule is C=CCNC(=O)c1ccc(NC(=O)C(CC)(CC)CN)cc1. The number of hydrogen-bond acceptors (Lipinski definition) is 3. The van der Waals surface area contributed by atoms with Gasteiger partial charge >= 0.3 is 0 Å². The molecule has 0 aliphatic rings. The second-order valence-electron chi connectivity index (χ2n) is 5.22. The monoisotopic (exact) mass is 303 g/mol. The van der Waals surface area contributed by atoms with E-state index in [1.807, 2.05) is 13.8 Å². The summed E-state index contributed by atoms with van der Waals surface area (Å²) in [7, 11) is 0. The van der Waals surface area contributed by atoms with Crippen LogP contribution in [0.5, 0.6) is 0 Å². The minimum atomic E-state index is -0.542. The van der Waals surface area contributed by atoms with Crippen molar-refractivity contribution in [3.63, 3.8) is 0 Å². The fraction of sp³-hybridized carbons (Fsp3) is 0.412. The van der Waals surface area contributed by atoms with Crippen LogP contribution in [0.3, 0.4) is 0 Å². The van der Waals surface area contributed by atoms with Crippen LogP contribution in [-0.4, -0.2) is 24.9 Å². The number of carbonyl (C=O) groups is 2. The van der Waals surface area contributed by atoms with Gasteiger partial charge in [0.1, 0.15) is 0 Å². The smallest absolute Gasteiger partial charge is 0.251 e. The largest absolute Gasteiger partial charge is 0.349 e. The third kappa shape index (κ3) is 4.18. The van der Waals surface area contributed by atoms with Crippen LogP contribution < -0.4 is 16.4 Å². The summed E-state index contributed by atoms with van der Waals surface area (Å²) in [4.78, 5) is 24.2. The molecule has 5 nitrogen and oxygen atoms in total. The van der Waals surface area contributed by atoms with Crippen molar-refractivity contribution in [3.8, 4) is 0 Å². The fourth-order valence-corrected chi connectivity index (χ4v) is 2.19.